The number of rotatable bonds is 3. The van der Waals surface area contributed by atoms with Crippen molar-refractivity contribution in [1.29, 1.82) is 0 Å². The summed E-state index contributed by atoms with van der Waals surface area (Å²) in [5.74, 6) is 0. The smallest absolute Gasteiger partial charge is 0.350 e. The van der Waals surface area contributed by atoms with E-state index in [0.717, 1.165) is 10.2 Å². The summed E-state index contributed by atoms with van der Waals surface area (Å²) in [7, 11) is 0.336. The standard InChI is InChI=1S/C9H9ClOSi/c1-2-6-11-12-9-5-3-4-8(10)7-9/h2-7H,1H3/b6-2-. The zero-order chi connectivity index (χ0) is 8.81. The van der Waals surface area contributed by atoms with Gasteiger partial charge in [-0.1, -0.05) is 29.8 Å². The van der Waals surface area contributed by atoms with Crippen LogP contribution in [0.25, 0.3) is 0 Å². The van der Waals surface area contributed by atoms with Crippen LogP contribution in [0.4, 0.5) is 0 Å². The van der Waals surface area contributed by atoms with Crippen molar-refractivity contribution in [3.05, 3.63) is 41.6 Å². The van der Waals surface area contributed by atoms with Crippen LogP contribution in [0.15, 0.2) is 36.6 Å². The molecule has 0 amide bonds. The maximum atomic E-state index is 5.79. The molecule has 0 atom stereocenters. The Balaban J connectivity index is 2.52. The highest BCUT2D eigenvalue weighted by molar-refractivity contribution is 6.47. The van der Waals surface area contributed by atoms with E-state index in [2.05, 4.69) is 0 Å². The molecule has 0 aliphatic heterocycles. The average Bonchev–Trinajstić information content (AvgIpc) is 2.05. The second kappa shape index (κ2) is 5.01. The van der Waals surface area contributed by atoms with Crippen molar-refractivity contribution in [1.82, 2.24) is 0 Å². The lowest BCUT2D eigenvalue weighted by molar-refractivity contribution is 0.523. The predicted octanol–water partition coefficient (Wildman–Crippen LogP) is 2.13. The van der Waals surface area contributed by atoms with Crippen LogP contribution < -0.4 is 5.19 Å². The Labute approximate surface area is 80.0 Å². The van der Waals surface area contributed by atoms with Crippen molar-refractivity contribution in [2.75, 3.05) is 0 Å². The first-order valence-electron chi connectivity index (χ1n) is 3.61. The molecule has 0 aromatic heterocycles. The van der Waals surface area contributed by atoms with Gasteiger partial charge in [0.2, 0.25) is 0 Å². The third kappa shape index (κ3) is 3.11. The maximum absolute atomic E-state index is 5.79. The molecule has 0 N–H and O–H groups in total. The van der Waals surface area contributed by atoms with Crippen LogP contribution in [0.1, 0.15) is 6.92 Å². The quantitative estimate of drug-likeness (QED) is 0.532. The van der Waals surface area contributed by atoms with E-state index in [1.807, 2.05) is 37.3 Å². The molecular formula is C9H9ClOSi. The SMILES string of the molecule is C/C=C\O[Si]c1cccc(Cl)c1. The first-order chi connectivity index (χ1) is 5.83. The minimum atomic E-state index is 0.336. The summed E-state index contributed by atoms with van der Waals surface area (Å²) in [6.07, 6.45) is 3.54. The molecule has 62 valence electrons. The summed E-state index contributed by atoms with van der Waals surface area (Å²) in [5, 5.41) is 1.87. The van der Waals surface area contributed by atoms with E-state index >= 15 is 0 Å². The fourth-order valence-corrected chi connectivity index (χ4v) is 1.72. The average molecular weight is 197 g/mol. The lowest BCUT2D eigenvalue weighted by Crippen LogP contribution is -2.14. The third-order valence-electron chi connectivity index (χ3n) is 1.21. The normalized spacial score (nSPS) is 10.5. The number of halogens is 1. The molecule has 1 rings (SSSR count). The maximum Gasteiger partial charge on any atom is 0.350 e. The zero-order valence-electron chi connectivity index (χ0n) is 6.75. The van der Waals surface area contributed by atoms with Crippen LogP contribution in [-0.4, -0.2) is 9.76 Å². The first-order valence-corrected chi connectivity index (χ1v) is 4.90. The summed E-state index contributed by atoms with van der Waals surface area (Å²) in [5.41, 5.74) is 0. The van der Waals surface area contributed by atoms with Gasteiger partial charge in [-0.25, -0.2) is 0 Å². The van der Waals surface area contributed by atoms with Crippen molar-refractivity contribution in [3.8, 4) is 0 Å². The molecule has 0 saturated carbocycles. The molecule has 1 aromatic carbocycles. The Morgan fingerprint density at radius 2 is 2.33 bits per heavy atom. The van der Waals surface area contributed by atoms with E-state index in [0.29, 0.717) is 9.76 Å². The Morgan fingerprint density at radius 3 is 3.00 bits per heavy atom. The van der Waals surface area contributed by atoms with Gasteiger partial charge < -0.3 is 4.43 Å². The van der Waals surface area contributed by atoms with Gasteiger partial charge in [0.25, 0.3) is 0 Å². The van der Waals surface area contributed by atoms with Crippen molar-refractivity contribution >= 4 is 26.6 Å². The Hall–Kier alpha value is -0.733. The van der Waals surface area contributed by atoms with E-state index < -0.39 is 0 Å². The second-order valence-electron chi connectivity index (χ2n) is 2.20. The topological polar surface area (TPSA) is 9.23 Å². The molecule has 0 heterocycles. The molecule has 0 saturated heterocycles. The Kier molecular flexibility index (Phi) is 3.91. The van der Waals surface area contributed by atoms with Crippen molar-refractivity contribution in [2.24, 2.45) is 0 Å². The van der Waals surface area contributed by atoms with Crippen molar-refractivity contribution in [3.63, 3.8) is 0 Å². The van der Waals surface area contributed by atoms with Crippen LogP contribution in [-0.2, 0) is 4.43 Å². The van der Waals surface area contributed by atoms with Crippen LogP contribution >= 0.6 is 11.6 Å². The molecular weight excluding hydrogens is 188 g/mol. The van der Waals surface area contributed by atoms with Crippen molar-refractivity contribution < 1.29 is 4.43 Å². The van der Waals surface area contributed by atoms with E-state index in [4.69, 9.17) is 16.0 Å². The van der Waals surface area contributed by atoms with Gasteiger partial charge in [-0.05, 0) is 24.2 Å². The van der Waals surface area contributed by atoms with Crippen molar-refractivity contribution in [2.45, 2.75) is 6.92 Å². The molecule has 0 aliphatic carbocycles. The highest BCUT2D eigenvalue weighted by Gasteiger charge is 1.95. The largest absolute Gasteiger partial charge is 0.542 e. The van der Waals surface area contributed by atoms with Gasteiger partial charge >= 0.3 is 9.76 Å². The predicted molar refractivity (Wildman–Crippen MR) is 52.7 cm³/mol. The summed E-state index contributed by atoms with van der Waals surface area (Å²) in [6, 6.07) is 7.67. The molecule has 0 aliphatic rings. The molecule has 0 fully saturated rings. The van der Waals surface area contributed by atoms with E-state index in [-0.39, 0.29) is 0 Å². The summed E-state index contributed by atoms with van der Waals surface area (Å²) in [4.78, 5) is 0. The van der Waals surface area contributed by atoms with E-state index in [1.165, 1.54) is 0 Å². The number of allylic oxidation sites excluding steroid dienone is 1. The zero-order valence-corrected chi connectivity index (χ0v) is 8.51. The minimum absolute atomic E-state index is 0.336. The second-order valence-corrected chi connectivity index (χ2v) is 3.65. The molecule has 3 heteroatoms. The Morgan fingerprint density at radius 1 is 1.50 bits per heavy atom. The van der Waals surface area contributed by atoms with Gasteiger partial charge in [0.15, 0.2) is 0 Å². The number of hydrogen-bond donors (Lipinski definition) is 0. The van der Waals surface area contributed by atoms with E-state index in [1.54, 1.807) is 6.26 Å². The lowest BCUT2D eigenvalue weighted by atomic mass is 10.4. The number of hydrogen-bond acceptors (Lipinski definition) is 1. The Bertz CT molecular complexity index is 273. The lowest BCUT2D eigenvalue weighted by Gasteiger charge is -1.97. The monoisotopic (exact) mass is 196 g/mol. The fourth-order valence-electron chi connectivity index (χ4n) is 0.722. The first kappa shape index (κ1) is 9.36. The summed E-state index contributed by atoms with van der Waals surface area (Å²) < 4.78 is 5.21. The number of benzene rings is 1. The van der Waals surface area contributed by atoms with Gasteiger partial charge in [-0.2, -0.15) is 0 Å². The summed E-state index contributed by atoms with van der Waals surface area (Å²) >= 11 is 5.79. The molecule has 1 nitrogen and oxygen atoms in total. The highest BCUT2D eigenvalue weighted by Crippen LogP contribution is 2.02. The van der Waals surface area contributed by atoms with Gasteiger partial charge in [-0.3, -0.25) is 0 Å². The van der Waals surface area contributed by atoms with Gasteiger partial charge in [-0.15, -0.1) is 0 Å². The van der Waals surface area contributed by atoms with Gasteiger partial charge in [0.05, 0.1) is 6.26 Å². The van der Waals surface area contributed by atoms with Gasteiger partial charge in [0, 0.05) is 5.02 Å². The highest BCUT2D eigenvalue weighted by atomic mass is 35.5. The van der Waals surface area contributed by atoms with Crippen LogP contribution in [0.3, 0.4) is 0 Å². The van der Waals surface area contributed by atoms with E-state index in [9.17, 15) is 0 Å². The molecule has 0 spiro atoms. The minimum Gasteiger partial charge on any atom is -0.542 e. The fraction of sp³-hybridized carbons (Fsp3) is 0.111. The molecule has 2 radical (unpaired) electrons. The molecule has 1 aromatic rings. The molecule has 0 bridgehead atoms. The van der Waals surface area contributed by atoms with Crippen LogP contribution in [0, 0.1) is 0 Å². The molecule has 0 unspecified atom stereocenters. The van der Waals surface area contributed by atoms with Gasteiger partial charge in [0.1, 0.15) is 0 Å². The summed E-state index contributed by atoms with van der Waals surface area (Å²) in [6.45, 7) is 1.92. The third-order valence-corrected chi connectivity index (χ3v) is 2.24. The van der Waals surface area contributed by atoms with Crippen LogP contribution in [0.5, 0.6) is 0 Å². The van der Waals surface area contributed by atoms with Crippen LogP contribution in [0.2, 0.25) is 5.02 Å². The molecule has 12 heavy (non-hydrogen) atoms.